The lowest BCUT2D eigenvalue weighted by Crippen LogP contribution is -2.58. The molecule has 1 aliphatic heterocycles. The SMILES string of the molecule is COc1ccc(CCC2(C)CC(=O)N2)cc1. The maximum Gasteiger partial charge on any atom is 0.222 e. The van der Waals surface area contributed by atoms with Crippen molar-refractivity contribution in [3.63, 3.8) is 0 Å². The molecule has 2 rings (SSSR count). The summed E-state index contributed by atoms with van der Waals surface area (Å²) in [6, 6.07) is 8.08. The molecule has 1 atom stereocenters. The van der Waals surface area contributed by atoms with Gasteiger partial charge < -0.3 is 10.1 Å². The van der Waals surface area contributed by atoms with Crippen LogP contribution in [0.15, 0.2) is 24.3 Å². The first-order valence-corrected chi connectivity index (χ1v) is 5.55. The summed E-state index contributed by atoms with van der Waals surface area (Å²) >= 11 is 0. The van der Waals surface area contributed by atoms with Gasteiger partial charge in [0.25, 0.3) is 0 Å². The van der Waals surface area contributed by atoms with E-state index in [1.165, 1.54) is 5.56 Å². The number of β-lactam (4-membered cyclic amide) rings is 1. The molecule has 1 aromatic carbocycles. The van der Waals surface area contributed by atoms with Gasteiger partial charge in [-0.05, 0) is 37.5 Å². The summed E-state index contributed by atoms with van der Waals surface area (Å²) in [5.41, 5.74) is 1.29. The molecule has 3 heteroatoms. The number of ether oxygens (including phenoxy) is 1. The lowest BCUT2D eigenvalue weighted by molar-refractivity contribution is -0.132. The number of aryl methyl sites for hydroxylation is 1. The molecule has 1 amide bonds. The molecular formula is C13H17NO2. The summed E-state index contributed by atoms with van der Waals surface area (Å²) in [4.78, 5) is 10.9. The van der Waals surface area contributed by atoms with E-state index < -0.39 is 0 Å². The molecule has 1 heterocycles. The highest BCUT2D eigenvalue weighted by Crippen LogP contribution is 2.25. The van der Waals surface area contributed by atoms with Crippen LogP contribution < -0.4 is 10.1 Å². The summed E-state index contributed by atoms with van der Waals surface area (Å²) < 4.78 is 5.10. The van der Waals surface area contributed by atoms with E-state index in [4.69, 9.17) is 4.74 Å². The van der Waals surface area contributed by atoms with Crippen molar-refractivity contribution in [2.24, 2.45) is 0 Å². The van der Waals surface area contributed by atoms with Crippen LogP contribution in [-0.4, -0.2) is 18.6 Å². The Labute approximate surface area is 95.8 Å². The van der Waals surface area contributed by atoms with Gasteiger partial charge in [0.15, 0.2) is 0 Å². The summed E-state index contributed by atoms with van der Waals surface area (Å²) in [6.07, 6.45) is 2.63. The smallest absolute Gasteiger partial charge is 0.222 e. The van der Waals surface area contributed by atoms with Gasteiger partial charge in [-0.25, -0.2) is 0 Å². The average molecular weight is 219 g/mol. The molecule has 0 radical (unpaired) electrons. The van der Waals surface area contributed by atoms with Gasteiger partial charge >= 0.3 is 0 Å². The number of carbonyl (C=O) groups excluding carboxylic acids is 1. The molecule has 1 unspecified atom stereocenters. The summed E-state index contributed by atoms with van der Waals surface area (Å²) in [6.45, 7) is 2.10. The van der Waals surface area contributed by atoms with Gasteiger partial charge in [0, 0.05) is 12.0 Å². The van der Waals surface area contributed by atoms with Crippen molar-refractivity contribution in [2.75, 3.05) is 7.11 Å². The Bertz CT molecular complexity index is 375. The zero-order valence-electron chi connectivity index (χ0n) is 9.75. The van der Waals surface area contributed by atoms with Crippen molar-refractivity contribution in [3.8, 4) is 5.75 Å². The lowest BCUT2D eigenvalue weighted by atomic mass is 9.84. The van der Waals surface area contributed by atoms with E-state index in [2.05, 4.69) is 24.4 Å². The van der Waals surface area contributed by atoms with Crippen LogP contribution >= 0.6 is 0 Å². The van der Waals surface area contributed by atoms with Crippen molar-refractivity contribution in [1.29, 1.82) is 0 Å². The monoisotopic (exact) mass is 219 g/mol. The fourth-order valence-electron chi connectivity index (χ4n) is 2.04. The standard InChI is InChI=1S/C13H17NO2/c1-13(9-12(15)14-13)8-7-10-3-5-11(16-2)6-4-10/h3-6H,7-9H2,1-2H3,(H,14,15). The molecule has 1 fully saturated rings. The van der Waals surface area contributed by atoms with E-state index in [-0.39, 0.29) is 11.4 Å². The first-order chi connectivity index (χ1) is 7.61. The third-order valence-electron chi connectivity index (χ3n) is 3.12. The number of amides is 1. The number of methoxy groups -OCH3 is 1. The van der Waals surface area contributed by atoms with E-state index in [0.717, 1.165) is 18.6 Å². The van der Waals surface area contributed by atoms with Crippen LogP contribution in [0.4, 0.5) is 0 Å². The molecule has 3 nitrogen and oxygen atoms in total. The van der Waals surface area contributed by atoms with Gasteiger partial charge in [-0.1, -0.05) is 12.1 Å². The lowest BCUT2D eigenvalue weighted by Gasteiger charge is -2.39. The van der Waals surface area contributed by atoms with Crippen LogP contribution in [0, 0.1) is 0 Å². The Balaban J connectivity index is 1.87. The van der Waals surface area contributed by atoms with Gasteiger partial charge in [-0.3, -0.25) is 4.79 Å². The second-order valence-corrected chi connectivity index (χ2v) is 4.63. The largest absolute Gasteiger partial charge is 0.497 e. The minimum absolute atomic E-state index is 0.0109. The van der Waals surface area contributed by atoms with Crippen molar-refractivity contribution in [3.05, 3.63) is 29.8 Å². The summed E-state index contributed by atoms with van der Waals surface area (Å²) in [5.74, 6) is 1.05. The first kappa shape index (κ1) is 11.0. The average Bonchev–Trinajstić information content (AvgIpc) is 2.25. The maximum atomic E-state index is 10.9. The molecule has 1 aliphatic rings. The zero-order chi connectivity index (χ0) is 11.6. The molecule has 1 saturated heterocycles. The van der Waals surface area contributed by atoms with Crippen molar-refractivity contribution in [1.82, 2.24) is 5.32 Å². The minimum Gasteiger partial charge on any atom is -0.497 e. The Morgan fingerprint density at radius 1 is 1.38 bits per heavy atom. The second kappa shape index (κ2) is 4.16. The number of hydrogen-bond acceptors (Lipinski definition) is 2. The first-order valence-electron chi connectivity index (χ1n) is 5.55. The van der Waals surface area contributed by atoms with Gasteiger partial charge in [-0.15, -0.1) is 0 Å². The Morgan fingerprint density at radius 2 is 2.00 bits per heavy atom. The maximum absolute atomic E-state index is 10.9. The van der Waals surface area contributed by atoms with E-state index in [0.29, 0.717) is 6.42 Å². The van der Waals surface area contributed by atoms with E-state index in [1.807, 2.05) is 12.1 Å². The molecule has 0 bridgehead atoms. The fourth-order valence-corrected chi connectivity index (χ4v) is 2.04. The number of benzene rings is 1. The second-order valence-electron chi connectivity index (χ2n) is 4.63. The molecular weight excluding hydrogens is 202 g/mol. The van der Waals surface area contributed by atoms with Crippen molar-refractivity contribution < 1.29 is 9.53 Å². The van der Waals surface area contributed by atoms with Gasteiger partial charge in [0.2, 0.25) is 5.91 Å². The van der Waals surface area contributed by atoms with Crippen LogP contribution in [0.2, 0.25) is 0 Å². The van der Waals surface area contributed by atoms with Crippen LogP contribution in [0.25, 0.3) is 0 Å². The van der Waals surface area contributed by atoms with Crippen molar-refractivity contribution in [2.45, 2.75) is 31.7 Å². The topological polar surface area (TPSA) is 38.3 Å². The highest BCUT2D eigenvalue weighted by Gasteiger charge is 2.37. The summed E-state index contributed by atoms with van der Waals surface area (Å²) in [7, 11) is 1.67. The van der Waals surface area contributed by atoms with Crippen LogP contribution in [0.3, 0.4) is 0 Å². The van der Waals surface area contributed by atoms with Gasteiger partial charge in [0.05, 0.1) is 7.11 Å². The van der Waals surface area contributed by atoms with E-state index in [9.17, 15) is 4.79 Å². The van der Waals surface area contributed by atoms with E-state index in [1.54, 1.807) is 7.11 Å². The summed E-state index contributed by atoms with van der Waals surface area (Å²) in [5, 5.41) is 2.95. The molecule has 16 heavy (non-hydrogen) atoms. The zero-order valence-corrected chi connectivity index (χ0v) is 9.75. The fraction of sp³-hybridized carbons (Fsp3) is 0.462. The Hall–Kier alpha value is -1.51. The molecule has 86 valence electrons. The number of rotatable bonds is 4. The number of hydrogen-bond donors (Lipinski definition) is 1. The third kappa shape index (κ3) is 2.35. The highest BCUT2D eigenvalue weighted by molar-refractivity contribution is 5.84. The normalized spacial score (nSPS) is 23.5. The molecule has 1 aromatic rings. The minimum atomic E-state index is 0.0109. The molecule has 0 aliphatic carbocycles. The number of carbonyl (C=O) groups is 1. The Kier molecular flexibility index (Phi) is 2.86. The van der Waals surface area contributed by atoms with Crippen LogP contribution in [0.5, 0.6) is 5.75 Å². The van der Waals surface area contributed by atoms with Crippen molar-refractivity contribution >= 4 is 5.91 Å². The van der Waals surface area contributed by atoms with E-state index >= 15 is 0 Å². The Morgan fingerprint density at radius 3 is 2.50 bits per heavy atom. The quantitative estimate of drug-likeness (QED) is 0.785. The highest BCUT2D eigenvalue weighted by atomic mass is 16.5. The van der Waals surface area contributed by atoms with Crippen LogP contribution in [0.1, 0.15) is 25.3 Å². The molecule has 0 spiro atoms. The van der Waals surface area contributed by atoms with Gasteiger partial charge in [-0.2, -0.15) is 0 Å². The van der Waals surface area contributed by atoms with Gasteiger partial charge in [0.1, 0.15) is 5.75 Å². The molecule has 0 aromatic heterocycles. The molecule has 0 saturated carbocycles. The predicted molar refractivity (Wildman–Crippen MR) is 62.5 cm³/mol. The third-order valence-corrected chi connectivity index (χ3v) is 3.12. The number of nitrogens with one attached hydrogen (secondary N) is 1. The predicted octanol–water partition coefficient (Wildman–Crippen LogP) is 1.91. The molecule has 1 N–H and O–H groups in total. The van der Waals surface area contributed by atoms with Crippen LogP contribution in [-0.2, 0) is 11.2 Å².